The number of aromatic nitrogens is 3. The molecular weight excluding hydrogens is 199 g/mol. The van der Waals surface area contributed by atoms with E-state index in [4.69, 9.17) is 5.73 Å². The Bertz CT molecular complexity index is 166. The van der Waals surface area contributed by atoms with E-state index in [1.807, 2.05) is 4.57 Å². The minimum Gasteiger partial charge on any atom is -0.330 e. The van der Waals surface area contributed by atoms with Gasteiger partial charge in [0.1, 0.15) is 12.7 Å². The topological polar surface area (TPSA) is 56.7 Å². The summed E-state index contributed by atoms with van der Waals surface area (Å²) >= 11 is 0. The Labute approximate surface area is 84.4 Å². The zero-order valence-corrected chi connectivity index (χ0v) is 8.35. The van der Waals surface area contributed by atoms with Crippen molar-refractivity contribution >= 4 is 24.8 Å². The third kappa shape index (κ3) is 5.35. The summed E-state index contributed by atoms with van der Waals surface area (Å²) in [6, 6.07) is 0. The average molecular weight is 213 g/mol. The summed E-state index contributed by atoms with van der Waals surface area (Å²) in [5.74, 6) is 0. The number of nitrogens with two attached hydrogens (primary N) is 1. The highest BCUT2D eigenvalue weighted by Gasteiger charge is 1.88. The number of nitrogens with zero attached hydrogens (tertiary/aromatic N) is 3. The normalized spacial score (nSPS) is 8.42. The van der Waals surface area contributed by atoms with Crippen molar-refractivity contribution in [1.82, 2.24) is 14.8 Å². The van der Waals surface area contributed by atoms with Crippen molar-refractivity contribution in [2.45, 2.75) is 19.4 Å². The van der Waals surface area contributed by atoms with Gasteiger partial charge in [-0.05, 0) is 19.4 Å². The van der Waals surface area contributed by atoms with E-state index < -0.39 is 0 Å². The summed E-state index contributed by atoms with van der Waals surface area (Å²) in [6.07, 6.45) is 5.61. The highest BCUT2D eigenvalue weighted by Crippen LogP contribution is 1.90. The summed E-state index contributed by atoms with van der Waals surface area (Å²) in [5.41, 5.74) is 5.33. The van der Waals surface area contributed by atoms with Crippen LogP contribution in [0, 0.1) is 0 Å². The third-order valence-electron chi connectivity index (χ3n) is 1.34. The molecule has 0 saturated carbocycles. The fourth-order valence-corrected chi connectivity index (χ4v) is 0.776. The highest BCUT2D eigenvalue weighted by atomic mass is 35.5. The monoisotopic (exact) mass is 212 g/mol. The van der Waals surface area contributed by atoms with Crippen molar-refractivity contribution in [2.24, 2.45) is 5.73 Å². The van der Waals surface area contributed by atoms with Gasteiger partial charge in [0.05, 0.1) is 0 Å². The van der Waals surface area contributed by atoms with Crippen molar-refractivity contribution in [3.05, 3.63) is 12.7 Å². The predicted molar refractivity (Wildman–Crippen MR) is 52.8 cm³/mol. The van der Waals surface area contributed by atoms with Gasteiger partial charge in [0.25, 0.3) is 0 Å². The zero-order chi connectivity index (χ0) is 7.23. The van der Waals surface area contributed by atoms with Crippen molar-refractivity contribution in [2.75, 3.05) is 6.54 Å². The van der Waals surface area contributed by atoms with E-state index in [-0.39, 0.29) is 24.8 Å². The molecule has 4 nitrogen and oxygen atoms in total. The fourth-order valence-electron chi connectivity index (χ4n) is 0.776. The quantitative estimate of drug-likeness (QED) is 0.754. The minimum absolute atomic E-state index is 0. The first kappa shape index (κ1) is 14.2. The molecule has 1 aromatic heterocycles. The second kappa shape index (κ2) is 8.77. The Kier molecular flexibility index (Phi) is 10.4. The van der Waals surface area contributed by atoms with Crippen molar-refractivity contribution in [3.8, 4) is 0 Å². The molecule has 0 unspecified atom stereocenters. The Balaban J connectivity index is 0. The summed E-state index contributed by atoms with van der Waals surface area (Å²) in [6.45, 7) is 1.74. The molecule has 0 atom stereocenters. The number of unbranched alkanes of at least 4 members (excludes halogenated alkanes) is 1. The van der Waals surface area contributed by atoms with Gasteiger partial charge in [-0.15, -0.1) is 35.0 Å². The van der Waals surface area contributed by atoms with E-state index in [2.05, 4.69) is 10.2 Å². The molecule has 72 valence electrons. The van der Waals surface area contributed by atoms with E-state index in [0.717, 1.165) is 25.9 Å². The van der Waals surface area contributed by atoms with Gasteiger partial charge in [-0.2, -0.15) is 0 Å². The van der Waals surface area contributed by atoms with Gasteiger partial charge in [-0.25, -0.2) is 0 Å². The van der Waals surface area contributed by atoms with E-state index >= 15 is 0 Å². The van der Waals surface area contributed by atoms with Crippen LogP contribution in [-0.4, -0.2) is 21.3 Å². The summed E-state index contributed by atoms with van der Waals surface area (Å²) in [7, 11) is 0. The fraction of sp³-hybridized carbons (Fsp3) is 0.667. The predicted octanol–water partition coefficient (Wildman–Crippen LogP) is 0.861. The molecule has 6 heteroatoms. The van der Waals surface area contributed by atoms with Gasteiger partial charge in [-0.3, -0.25) is 0 Å². The molecule has 0 saturated heterocycles. The van der Waals surface area contributed by atoms with Crippen LogP contribution in [0.25, 0.3) is 0 Å². The molecule has 0 aromatic carbocycles. The lowest BCUT2D eigenvalue weighted by molar-refractivity contribution is 0.613. The molecular formula is C6H14Cl2N4. The van der Waals surface area contributed by atoms with Crippen molar-refractivity contribution in [1.29, 1.82) is 0 Å². The van der Waals surface area contributed by atoms with Crippen LogP contribution >= 0.6 is 24.8 Å². The summed E-state index contributed by atoms with van der Waals surface area (Å²) in [5, 5.41) is 7.37. The van der Waals surface area contributed by atoms with Crippen LogP contribution < -0.4 is 5.73 Å². The summed E-state index contributed by atoms with van der Waals surface area (Å²) in [4.78, 5) is 0. The number of aryl methyl sites for hydroxylation is 1. The Morgan fingerprint density at radius 1 is 1.08 bits per heavy atom. The van der Waals surface area contributed by atoms with Gasteiger partial charge < -0.3 is 10.3 Å². The molecule has 0 radical (unpaired) electrons. The summed E-state index contributed by atoms with van der Waals surface area (Å²) < 4.78 is 1.95. The molecule has 0 fully saturated rings. The van der Waals surface area contributed by atoms with Crippen LogP contribution in [0.1, 0.15) is 12.8 Å². The number of hydrogen-bond acceptors (Lipinski definition) is 3. The molecule has 1 heterocycles. The lowest BCUT2D eigenvalue weighted by Crippen LogP contribution is -2.01. The molecule has 2 N–H and O–H groups in total. The molecule has 0 bridgehead atoms. The van der Waals surface area contributed by atoms with Crippen LogP contribution in [0.3, 0.4) is 0 Å². The van der Waals surface area contributed by atoms with Gasteiger partial charge in [-0.1, -0.05) is 0 Å². The molecule has 0 amide bonds. The highest BCUT2D eigenvalue weighted by molar-refractivity contribution is 5.85. The first-order chi connectivity index (χ1) is 4.93. The van der Waals surface area contributed by atoms with E-state index in [1.165, 1.54) is 0 Å². The first-order valence-electron chi connectivity index (χ1n) is 3.46. The smallest absolute Gasteiger partial charge is 0.119 e. The standard InChI is InChI=1S/C6H12N4.2ClH/c7-3-1-2-4-10-5-8-9-6-10;;/h5-6H,1-4,7H2;2*1H. The molecule has 0 aliphatic carbocycles. The maximum atomic E-state index is 5.33. The lowest BCUT2D eigenvalue weighted by atomic mass is 10.3. The van der Waals surface area contributed by atoms with Crippen molar-refractivity contribution < 1.29 is 0 Å². The molecule has 0 spiro atoms. The van der Waals surface area contributed by atoms with Gasteiger partial charge in [0, 0.05) is 6.54 Å². The van der Waals surface area contributed by atoms with Crippen LogP contribution in [0.5, 0.6) is 0 Å². The Morgan fingerprint density at radius 2 is 1.67 bits per heavy atom. The van der Waals surface area contributed by atoms with Crippen LogP contribution in [0.4, 0.5) is 0 Å². The molecule has 0 aliphatic rings. The second-order valence-corrected chi connectivity index (χ2v) is 2.20. The molecule has 0 aliphatic heterocycles. The Hall–Kier alpha value is -0.320. The molecule has 1 rings (SSSR count). The van der Waals surface area contributed by atoms with Gasteiger partial charge in [0.2, 0.25) is 0 Å². The number of rotatable bonds is 4. The van der Waals surface area contributed by atoms with Crippen LogP contribution in [-0.2, 0) is 6.54 Å². The maximum Gasteiger partial charge on any atom is 0.119 e. The first-order valence-corrected chi connectivity index (χ1v) is 3.46. The van der Waals surface area contributed by atoms with Crippen LogP contribution in [0.15, 0.2) is 12.7 Å². The van der Waals surface area contributed by atoms with E-state index in [9.17, 15) is 0 Å². The third-order valence-corrected chi connectivity index (χ3v) is 1.34. The Morgan fingerprint density at radius 3 is 2.17 bits per heavy atom. The van der Waals surface area contributed by atoms with Gasteiger partial charge in [0.15, 0.2) is 0 Å². The SMILES string of the molecule is Cl.Cl.NCCCCn1cnnc1. The largest absolute Gasteiger partial charge is 0.330 e. The van der Waals surface area contributed by atoms with E-state index in [0.29, 0.717) is 0 Å². The molecule has 12 heavy (non-hydrogen) atoms. The maximum absolute atomic E-state index is 5.33. The number of hydrogen-bond donors (Lipinski definition) is 1. The lowest BCUT2D eigenvalue weighted by Gasteiger charge is -1.97. The molecule has 1 aromatic rings. The van der Waals surface area contributed by atoms with Gasteiger partial charge >= 0.3 is 0 Å². The van der Waals surface area contributed by atoms with E-state index in [1.54, 1.807) is 12.7 Å². The second-order valence-electron chi connectivity index (χ2n) is 2.20. The zero-order valence-electron chi connectivity index (χ0n) is 6.72. The minimum atomic E-state index is 0. The van der Waals surface area contributed by atoms with Crippen LogP contribution in [0.2, 0.25) is 0 Å². The number of halogens is 2. The van der Waals surface area contributed by atoms with Crippen molar-refractivity contribution in [3.63, 3.8) is 0 Å². The average Bonchev–Trinajstić information content (AvgIpc) is 2.41.